The van der Waals surface area contributed by atoms with E-state index in [1.807, 2.05) is 0 Å². The number of alkyl halides is 4. The Labute approximate surface area is 97.4 Å². The maximum Gasteiger partial charge on any atom is 0.416 e. The van der Waals surface area contributed by atoms with Gasteiger partial charge in [-0.2, -0.15) is 13.2 Å². The molecule has 1 unspecified atom stereocenters. The average molecular weight is 301 g/mol. The van der Waals surface area contributed by atoms with Crippen LogP contribution in [0.4, 0.5) is 13.2 Å². The molecule has 0 radical (unpaired) electrons. The van der Waals surface area contributed by atoms with E-state index in [9.17, 15) is 18.0 Å². The molecule has 0 spiro atoms. The Balaban J connectivity index is 3.32. The molecule has 1 nitrogen and oxygen atoms in total. The van der Waals surface area contributed by atoms with Gasteiger partial charge in [-0.25, -0.2) is 0 Å². The fourth-order valence-corrected chi connectivity index (χ4v) is 1.54. The van der Waals surface area contributed by atoms with E-state index in [0.29, 0.717) is 0 Å². The van der Waals surface area contributed by atoms with Crippen molar-refractivity contribution in [2.45, 2.75) is 10.5 Å². The second kappa shape index (κ2) is 4.14. The SMILES string of the molecule is O=C(Cl)C(Br)(c1ccccc1)C(F)(F)F. The van der Waals surface area contributed by atoms with E-state index in [4.69, 9.17) is 11.6 Å². The van der Waals surface area contributed by atoms with E-state index in [-0.39, 0.29) is 5.56 Å². The van der Waals surface area contributed by atoms with Gasteiger partial charge in [-0.3, -0.25) is 4.79 Å². The number of carbonyl (C=O) groups is 1. The molecule has 0 saturated carbocycles. The largest absolute Gasteiger partial charge is 0.416 e. The molecule has 0 amide bonds. The van der Waals surface area contributed by atoms with Gasteiger partial charge in [0, 0.05) is 0 Å². The van der Waals surface area contributed by atoms with Gasteiger partial charge in [-0.1, -0.05) is 46.3 Å². The molecule has 0 aliphatic rings. The first-order valence-electron chi connectivity index (χ1n) is 3.81. The van der Waals surface area contributed by atoms with Crippen LogP contribution in [-0.2, 0) is 9.12 Å². The van der Waals surface area contributed by atoms with Crippen molar-refractivity contribution in [2.24, 2.45) is 0 Å². The smallest absolute Gasteiger partial charge is 0.279 e. The Bertz CT molecular complexity index is 365. The third kappa shape index (κ3) is 2.18. The Morgan fingerprint density at radius 1 is 1.20 bits per heavy atom. The van der Waals surface area contributed by atoms with Gasteiger partial charge in [0.25, 0.3) is 5.24 Å². The molecule has 1 aromatic carbocycles. The van der Waals surface area contributed by atoms with Crippen LogP contribution in [0.5, 0.6) is 0 Å². The van der Waals surface area contributed by atoms with Crippen LogP contribution >= 0.6 is 27.5 Å². The van der Waals surface area contributed by atoms with Gasteiger partial charge in [-0.15, -0.1) is 0 Å². The summed E-state index contributed by atoms with van der Waals surface area (Å²) in [5.41, 5.74) is -0.238. The predicted molar refractivity (Wildman–Crippen MR) is 54.0 cm³/mol. The number of hydrogen-bond donors (Lipinski definition) is 0. The van der Waals surface area contributed by atoms with Gasteiger partial charge in [-0.05, 0) is 17.2 Å². The van der Waals surface area contributed by atoms with E-state index >= 15 is 0 Å². The Hall–Kier alpha value is -0.550. The summed E-state index contributed by atoms with van der Waals surface area (Å²) in [7, 11) is 0. The molecule has 6 heteroatoms. The van der Waals surface area contributed by atoms with Crippen molar-refractivity contribution in [3.8, 4) is 0 Å². The summed E-state index contributed by atoms with van der Waals surface area (Å²) in [6.45, 7) is 0. The van der Waals surface area contributed by atoms with E-state index in [2.05, 4.69) is 15.9 Å². The van der Waals surface area contributed by atoms with Crippen molar-refractivity contribution in [2.75, 3.05) is 0 Å². The van der Waals surface area contributed by atoms with Gasteiger partial charge in [0.1, 0.15) is 0 Å². The van der Waals surface area contributed by atoms with E-state index in [1.54, 1.807) is 6.07 Å². The zero-order valence-electron chi connectivity index (χ0n) is 7.18. The zero-order chi connectivity index (χ0) is 11.7. The lowest BCUT2D eigenvalue weighted by atomic mass is 10.00. The number of benzene rings is 1. The zero-order valence-corrected chi connectivity index (χ0v) is 9.53. The number of carbonyl (C=O) groups excluding carboxylic acids is 1. The van der Waals surface area contributed by atoms with Crippen molar-refractivity contribution in [3.63, 3.8) is 0 Å². The Kier molecular flexibility index (Phi) is 3.45. The van der Waals surface area contributed by atoms with Crippen LogP contribution < -0.4 is 0 Å². The second-order valence-corrected chi connectivity index (χ2v) is 4.33. The molecular weight excluding hydrogens is 296 g/mol. The molecule has 0 fully saturated rings. The fourth-order valence-electron chi connectivity index (χ4n) is 1.06. The topological polar surface area (TPSA) is 17.1 Å². The number of rotatable bonds is 2. The van der Waals surface area contributed by atoms with Gasteiger partial charge in [0.15, 0.2) is 0 Å². The Morgan fingerprint density at radius 3 is 2.00 bits per heavy atom. The summed E-state index contributed by atoms with van der Waals surface area (Å²) in [6, 6.07) is 6.71. The quantitative estimate of drug-likeness (QED) is 0.602. The van der Waals surface area contributed by atoms with E-state index in [1.165, 1.54) is 24.3 Å². The molecule has 0 heterocycles. The molecule has 1 aromatic rings. The highest BCUT2D eigenvalue weighted by atomic mass is 79.9. The van der Waals surface area contributed by atoms with Gasteiger partial charge in [0.2, 0.25) is 4.32 Å². The summed E-state index contributed by atoms with van der Waals surface area (Å²) >= 11 is 7.37. The molecule has 1 atom stereocenters. The maximum atomic E-state index is 12.7. The van der Waals surface area contributed by atoms with Crippen LogP contribution in [0.25, 0.3) is 0 Å². The Morgan fingerprint density at radius 2 is 1.67 bits per heavy atom. The molecule has 0 aliphatic heterocycles. The minimum absolute atomic E-state index is 0.238. The van der Waals surface area contributed by atoms with Crippen molar-refractivity contribution in [1.29, 1.82) is 0 Å². The first-order valence-corrected chi connectivity index (χ1v) is 4.98. The summed E-state index contributed by atoms with van der Waals surface area (Å²) < 4.78 is 35.2. The number of halogens is 5. The highest BCUT2D eigenvalue weighted by Crippen LogP contribution is 2.47. The second-order valence-electron chi connectivity index (χ2n) is 2.80. The first-order chi connectivity index (χ1) is 6.80. The van der Waals surface area contributed by atoms with Gasteiger partial charge < -0.3 is 0 Å². The van der Waals surface area contributed by atoms with Crippen molar-refractivity contribution in [3.05, 3.63) is 35.9 Å². The standard InChI is InChI=1S/C9H5BrClF3O/c10-8(7(11)15,9(12,13)14)6-4-2-1-3-5-6/h1-5H. The van der Waals surface area contributed by atoms with Crippen LogP contribution in [-0.4, -0.2) is 11.4 Å². The maximum absolute atomic E-state index is 12.7. The average Bonchev–Trinajstić information content (AvgIpc) is 2.16. The van der Waals surface area contributed by atoms with Crippen LogP contribution in [0.2, 0.25) is 0 Å². The van der Waals surface area contributed by atoms with Crippen molar-refractivity contribution < 1.29 is 18.0 Å². The lowest BCUT2D eigenvalue weighted by Gasteiger charge is -2.26. The molecule has 0 saturated heterocycles. The molecule has 0 bridgehead atoms. The molecule has 0 N–H and O–H groups in total. The third-order valence-electron chi connectivity index (χ3n) is 1.83. The summed E-state index contributed by atoms with van der Waals surface area (Å²) in [5, 5.41) is -1.51. The minimum Gasteiger partial charge on any atom is -0.279 e. The van der Waals surface area contributed by atoms with Crippen molar-refractivity contribution >= 4 is 32.8 Å². The van der Waals surface area contributed by atoms with Gasteiger partial charge >= 0.3 is 6.18 Å². The summed E-state index contributed by atoms with van der Waals surface area (Å²) in [6.07, 6.45) is -4.78. The monoisotopic (exact) mass is 300 g/mol. The summed E-state index contributed by atoms with van der Waals surface area (Å²) in [5.74, 6) is 0. The normalized spacial score (nSPS) is 15.8. The highest BCUT2D eigenvalue weighted by molar-refractivity contribution is 9.10. The molecule has 82 valence electrons. The highest BCUT2D eigenvalue weighted by Gasteiger charge is 2.59. The minimum atomic E-state index is -4.78. The first kappa shape index (κ1) is 12.5. The third-order valence-corrected chi connectivity index (χ3v) is 3.61. The van der Waals surface area contributed by atoms with Gasteiger partial charge in [0.05, 0.1) is 0 Å². The molecule has 15 heavy (non-hydrogen) atoms. The number of hydrogen-bond acceptors (Lipinski definition) is 1. The summed E-state index contributed by atoms with van der Waals surface area (Å²) in [4.78, 5) is 10.9. The predicted octanol–water partition coefficient (Wildman–Crippen LogP) is 3.60. The van der Waals surface area contributed by atoms with Crippen molar-refractivity contribution in [1.82, 2.24) is 0 Å². The lowest BCUT2D eigenvalue weighted by molar-refractivity contribution is -0.165. The van der Waals surface area contributed by atoms with E-state index in [0.717, 1.165) is 0 Å². The van der Waals surface area contributed by atoms with Crippen LogP contribution in [0.1, 0.15) is 5.56 Å². The van der Waals surface area contributed by atoms with Crippen LogP contribution in [0, 0.1) is 0 Å². The molecule has 0 aliphatic carbocycles. The molecular formula is C9H5BrClF3O. The fraction of sp³-hybridized carbons (Fsp3) is 0.222. The van der Waals surface area contributed by atoms with Crippen LogP contribution in [0.15, 0.2) is 30.3 Å². The van der Waals surface area contributed by atoms with Crippen LogP contribution in [0.3, 0.4) is 0 Å². The molecule has 0 aromatic heterocycles. The molecule has 1 rings (SSSR count). The lowest BCUT2D eigenvalue weighted by Crippen LogP contribution is -2.41. The van der Waals surface area contributed by atoms with E-state index < -0.39 is 15.7 Å².